The Morgan fingerprint density at radius 1 is 1.56 bits per heavy atom. The number of rotatable bonds is 2. The van der Waals surface area contributed by atoms with Crippen LogP contribution in [0.25, 0.3) is 0 Å². The molecule has 1 aromatic rings. The fraction of sp³-hybridized carbons (Fsp3) is 0.462. The number of anilines is 2. The van der Waals surface area contributed by atoms with E-state index in [0.717, 1.165) is 24.7 Å². The lowest BCUT2D eigenvalue weighted by Crippen LogP contribution is -2.19. The molecule has 2 rings (SSSR count). The normalized spacial score (nSPS) is 19.8. The number of nitrogen functional groups attached to an aromatic ring is 1. The van der Waals surface area contributed by atoms with Gasteiger partial charge in [0.25, 0.3) is 0 Å². The Bertz CT molecular complexity index is 420. The number of hydrogen-bond donors (Lipinski definition) is 1. The van der Waals surface area contributed by atoms with Crippen molar-refractivity contribution in [2.45, 2.75) is 19.8 Å². The van der Waals surface area contributed by atoms with Gasteiger partial charge in [0.2, 0.25) is 0 Å². The molecule has 3 nitrogen and oxygen atoms in total. The van der Waals surface area contributed by atoms with E-state index in [1.54, 1.807) is 0 Å². The predicted molar refractivity (Wildman–Crippen MR) is 66.2 cm³/mol. The van der Waals surface area contributed by atoms with Crippen LogP contribution in [0.4, 0.5) is 11.4 Å². The molecule has 1 heterocycles. The first-order valence-corrected chi connectivity index (χ1v) is 5.79. The van der Waals surface area contributed by atoms with E-state index in [1.165, 1.54) is 12.8 Å². The zero-order valence-corrected chi connectivity index (χ0v) is 9.61. The largest absolute Gasteiger partial charge is 0.398 e. The van der Waals surface area contributed by atoms with Gasteiger partial charge in [-0.05, 0) is 30.5 Å². The molecule has 1 aliphatic heterocycles. The fourth-order valence-electron chi connectivity index (χ4n) is 2.24. The monoisotopic (exact) mass is 215 g/mol. The maximum Gasteiger partial charge on any atom is 0.101 e. The Morgan fingerprint density at radius 2 is 2.38 bits per heavy atom. The number of nitriles is 1. The highest BCUT2D eigenvalue weighted by atomic mass is 15.1. The summed E-state index contributed by atoms with van der Waals surface area (Å²) in [6.07, 6.45) is 2.49. The van der Waals surface area contributed by atoms with E-state index in [2.05, 4.69) is 17.9 Å². The summed E-state index contributed by atoms with van der Waals surface area (Å²) >= 11 is 0. The van der Waals surface area contributed by atoms with E-state index in [1.807, 2.05) is 18.2 Å². The average Bonchev–Trinajstić information content (AvgIpc) is 2.78. The molecule has 2 N–H and O–H groups in total. The predicted octanol–water partition coefficient (Wildman–Crippen LogP) is 2.38. The summed E-state index contributed by atoms with van der Waals surface area (Å²) in [7, 11) is 0. The third-order valence-corrected chi connectivity index (χ3v) is 3.39. The molecule has 0 aromatic heterocycles. The molecule has 1 aliphatic rings. The summed E-state index contributed by atoms with van der Waals surface area (Å²) in [5.74, 6) is 0.795. The second-order valence-corrected chi connectivity index (χ2v) is 4.39. The van der Waals surface area contributed by atoms with E-state index in [-0.39, 0.29) is 0 Å². The molecule has 84 valence electrons. The van der Waals surface area contributed by atoms with Crippen molar-refractivity contribution >= 4 is 11.4 Å². The summed E-state index contributed by atoms with van der Waals surface area (Å²) in [6, 6.07) is 7.86. The summed E-state index contributed by atoms with van der Waals surface area (Å²) < 4.78 is 0. The van der Waals surface area contributed by atoms with Crippen LogP contribution in [0.3, 0.4) is 0 Å². The first kappa shape index (κ1) is 10.8. The SMILES string of the molecule is CCC1CCN(c2ccc(N)c(C#N)c2)C1. The van der Waals surface area contributed by atoms with Gasteiger partial charge in [-0.25, -0.2) is 0 Å². The lowest BCUT2D eigenvalue weighted by Gasteiger charge is -2.19. The first-order chi connectivity index (χ1) is 7.74. The highest BCUT2D eigenvalue weighted by Crippen LogP contribution is 2.27. The van der Waals surface area contributed by atoms with E-state index < -0.39 is 0 Å². The van der Waals surface area contributed by atoms with Gasteiger partial charge in [-0.2, -0.15) is 5.26 Å². The first-order valence-electron chi connectivity index (χ1n) is 5.79. The highest BCUT2D eigenvalue weighted by molar-refractivity contribution is 5.63. The number of nitrogens with two attached hydrogens (primary N) is 1. The molecule has 0 amide bonds. The van der Waals surface area contributed by atoms with Crippen molar-refractivity contribution in [1.29, 1.82) is 5.26 Å². The molecule has 0 bridgehead atoms. The fourth-order valence-corrected chi connectivity index (χ4v) is 2.24. The molecule has 1 atom stereocenters. The summed E-state index contributed by atoms with van der Waals surface area (Å²) in [4.78, 5) is 2.34. The van der Waals surface area contributed by atoms with Crippen LogP contribution in [0, 0.1) is 17.2 Å². The van der Waals surface area contributed by atoms with Gasteiger partial charge in [0.1, 0.15) is 6.07 Å². The Morgan fingerprint density at radius 3 is 3.00 bits per heavy atom. The molecule has 0 aliphatic carbocycles. The number of benzene rings is 1. The van der Waals surface area contributed by atoms with Gasteiger partial charge in [0, 0.05) is 24.5 Å². The van der Waals surface area contributed by atoms with Crippen molar-refractivity contribution in [3.05, 3.63) is 23.8 Å². The third kappa shape index (κ3) is 1.96. The van der Waals surface area contributed by atoms with Gasteiger partial charge in [-0.3, -0.25) is 0 Å². The minimum atomic E-state index is 0.567. The van der Waals surface area contributed by atoms with Gasteiger partial charge >= 0.3 is 0 Å². The molecule has 1 saturated heterocycles. The van der Waals surface area contributed by atoms with Gasteiger partial charge < -0.3 is 10.6 Å². The molecule has 16 heavy (non-hydrogen) atoms. The van der Waals surface area contributed by atoms with Crippen LogP contribution in [0.5, 0.6) is 0 Å². The number of nitrogens with zero attached hydrogens (tertiary/aromatic N) is 2. The van der Waals surface area contributed by atoms with E-state index in [9.17, 15) is 0 Å². The molecule has 0 radical (unpaired) electrons. The van der Waals surface area contributed by atoms with Crippen LogP contribution < -0.4 is 10.6 Å². The van der Waals surface area contributed by atoms with Crippen molar-refractivity contribution < 1.29 is 0 Å². The standard InChI is InChI=1S/C13H17N3/c1-2-10-5-6-16(9-10)12-3-4-13(15)11(7-12)8-14/h3-4,7,10H,2,5-6,9,15H2,1H3. The Balaban J connectivity index is 2.19. The van der Waals surface area contributed by atoms with E-state index in [0.29, 0.717) is 11.3 Å². The van der Waals surface area contributed by atoms with Crippen LogP contribution in [0.2, 0.25) is 0 Å². The zero-order valence-electron chi connectivity index (χ0n) is 9.61. The smallest absolute Gasteiger partial charge is 0.101 e. The highest BCUT2D eigenvalue weighted by Gasteiger charge is 2.21. The molecular formula is C13H17N3. The molecule has 1 unspecified atom stereocenters. The second-order valence-electron chi connectivity index (χ2n) is 4.39. The van der Waals surface area contributed by atoms with Gasteiger partial charge in [-0.15, -0.1) is 0 Å². The summed E-state index contributed by atoms with van der Waals surface area (Å²) in [5, 5.41) is 8.94. The number of hydrogen-bond acceptors (Lipinski definition) is 3. The molecule has 1 fully saturated rings. The minimum absolute atomic E-state index is 0.567. The quantitative estimate of drug-likeness (QED) is 0.770. The Labute approximate surface area is 96.5 Å². The van der Waals surface area contributed by atoms with E-state index in [4.69, 9.17) is 11.0 Å². The summed E-state index contributed by atoms with van der Waals surface area (Å²) in [5.41, 5.74) is 7.99. The minimum Gasteiger partial charge on any atom is -0.398 e. The van der Waals surface area contributed by atoms with Crippen molar-refractivity contribution in [2.24, 2.45) is 5.92 Å². The van der Waals surface area contributed by atoms with Crippen LogP contribution in [-0.2, 0) is 0 Å². The van der Waals surface area contributed by atoms with Gasteiger partial charge in [0.15, 0.2) is 0 Å². The molecule has 0 saturated carbocycles. The van der Waals surface area contributed by atoms with Crippen molar-refractivity contribution in [3.63, 3.8) is 0 Å². The van der Waals surface area contributed by atoms with Gasteiger partial charge in [-0.1, -0.05) is 13.3 Å². The molecule has 3 heteroatoms. The van der Waals surface area contributed by atoms with Crippen LogP contribution in [-0.4, -0.2) is 13.1 Å². The topological polar surface area (TPSA) is 53.0 Å². The van der Waals surface area contributed by atoms with E-state index >= 15 is 0 Å². The molecule has 1 aromatic carbocycles. The van der Waals surface area contributed by atoms with Crippen LogP contribution >= 0.6 is 0 Å². The van der Waals surface area contributed by atoms with Crippen molar-refractivity contribution in [3.8, 4) is 6.07 Å². The summed E-state index contributed by atoms with van der Waals surface area (Å²) in [6.45, 7) is 4.43. The second kappa shape index (κ2) is 4.44. The lowest BCUT2D eigenvalue weighted by molar-refractivity contribution is 0.569. The maximum atomic E-state index is 8.94. The van der Waals surface area contributed by atoms with Crippen molar-refractivity contribution in [2.75, 3.05) is 23.7 Å². The zero-order chi connectivity index (χ0) is 11.5. The molecular weight excluding hydrogens is 198 g/mol. The van der Waals surface area contributed by atoms with Crippen LogP contribution in [0.15, 0.2) is 18.2 Å². The lowest BCUT2D eigenvalue weighted by atomic mass is 10.1. The van der Waals surface area contributed by atoms with Crippen LogP contribution in [0.1, 0.15) is 25.3 Å². The third-order valence-electron chi connectivity index (χ3n) is 3.39. The Kier molecular flexibility index (Phi) is 3.00. The Hall–Kier alpha value is -1.69. The van der Waals surface area contributed by atoms with Crippen molar-refractivity contribution in [1.82, 2.24) is 0 Å². The van der Waals surface area contributed by atoms with Gasteiger partial charge in [0.05, 0.1) is 5.56 Å². The maximum absolute atomic E-state index is 8.94. The molecule has 0 spiro atoms. The average molecular weight is 215 g/mol.